The maximum atomic E-state index is 12.0. The predicted octanol–water partition coefficient (Wildman–Crippen LogP) is 0.342. The average molecular weight is 289 g/mol. The van der Waals surface area contributed by atoms with Crippen molar-refractivity contribution < 1.29 is 17.7 Å². The third-order valence-electron chi connectivity index (χ3n) is 2.48. The molecule has 8 heteroatoms. The number of carbonyl (C=O) groups is 1. The van der Waals surface area contributed by atoms with E-state index in [0.717, 1.165) is 0 Å². The quantitative estimate of drug-likeness (QED) is 0.735. The van der Waals surface area contributed by atoms with E-state index in [1.165, 1.54) is 6.92 Å². The zero-order chi connectivity index (χ0) is 14.6. The lowest BCUT2D eigenvalue weighted by Gasteiger charge is -2.09. The van der Waals surface area contributed by atoms with Crippen LogP contribution in [0.3, 0.4) is 0 Å². The summed E-state index contributed by atoms with van der Waals surface area (Å²) in [5.41, 5.74) is 0.316. The molecule has 1 amide bonds. The van der Waals surface area contributed by atoms with Crippen LogP contribution in [0.25, 0.3) is 0 Å². The molecule has 2 N–H and O–H groups in total. The topological polar surface area (TPSA) is 101 Å². The molecule has 0 atom stereocenters. The third-order valence-corrected chi connectivity index (χ3v) is 4.18. The normalized spacial score (nSPS) is 11.8. The molecule has 0 fully saturated rings. The van der Waals surface area contributed by atoms with E-state index in [2.05, 4.69) is 15.2 Å². The van der Waals surface area contributed by atoms with Crippen LogP contribution < -0.4 is 10.0 Å². The molecule has 108 valence electrons. The van der Waals surface area contributed by atoms with Crippen LogP contribution in [0.15, 0.2) is 9.42 Å². The number of rotatable bonds is 6. The van der Waals surface area contributed by atoms with Gasteiger partial charge < -0.3 is 9.84 Å². The van der Waals surface area contributed by atoms with Crippen LogP contribution in [0.4, 0.5) is 0 Å². The first-order valence-corrected chi connectivity index (χ1v) is 7.44. The van der Waals surface area contributed by atoms with E-state index >= 15 is 0 Å². The number of amides is 1. The molecule has 1 heterocycles. The lowest BCUT2D eigenvalue weighted by Crippen LogP contribution is -2.36. The molecule has 1 aromatic rings. The van der Waals surface area contributed by atoms with Crippen molar-refractivity contribution in [3.8, 4) is 0 Å². The molecule has 0 bridgehead atoms. The van der Waals surface area contributed by atoms with Crippen molar-refractivity contribution in [2.24, 2.45) is 5.92 Å². The van der Waals surface area contributed by atoms with Crippen LogP contribution in [-0.4, -0.2) is 32.6 Å². The zero-order valence-electron chi connectivity index (χ0n) is 11.5. The maximum Gasteiger partial charge on any atom is 0.246 e. The Morgan fingerprint density at radius 3 is 2.42 bits per heavy atom. The molecule has 0 saturated heterocycles. The fraction of sp³-hybridized carbons (Fsp3) is 0.636. The fourth-order valence-electron chi connectivity index (χ4n) is 1.51. The number of nitrogens with one attached hydrogen (secondary N) is 2. The molecule has 0 saturated carbocycles. The monoisotopic (exact) mass is 289 g/mol. The summed E-state index contributed by atoms with van der Waals surface area (Å²) in [6, 6.07) is 0. The molecule has 0 aliphatic carbocycles. The lowest BCUT2D eigenvalue weighted by molar-refractivity contribution is -0.123. The summed E-state index contributed by atoms with van der Waals surface area (Å²) in [6.45, 7) is 6.98. The number of carbonyl (C=O) groups excluding carboxylic acids is 1. The number of aryl methyl sites for hydroxylation is 2. The molecular weight excluding hydrogens is 270 g/mol. The van der Waals surface area contributed by atoms with Gasteiger partial charge in [0.2, 0.25) is 15.9 Å². The molecule has 0 aliphatic rings. The van der Waals surface area contributed by atoms with Crippen LogP contribution in [-0.2, 0) is 14.8 Å². The summed E-state index contributed by atoms with van der Waals surface area (Å²) >= 11 is 0. The van der Waals surface area contributed by atoms with Crippen molar-refractivity contribution in [3.63, 3.8) is 0 Å². The molecule has 1 rings (SSSR count). The van der Waals surface area contributed by atoms with Gasteiger partial charge in [0.15, 0.2) is 5.76 Å². The maximum absolute atomic E-state index is 12.0. The van der Waals surface area contributed by atoms with E-state index < -0.39 is 10.0 Å². The molecule has 0 aliphatic heterocycles. The van der Waals surface area contributed by atoms with E-state index in [1.807, 2.05) is 0 Å². The fourth-order valence-corrected chi connectivity index (χ4v) is 2.86. The summed E-state index contributed by atoms with van der Waals surface area (Å²) in [6.07, 6.45) is 0. The number of aromatic nitrogens is 1. The Balaban J connectivity index is 2.56. The number of sulfonamides is 1. The zero-order valence-corrected chi connectivity index (χ0v) is 12.3. The molecule has 0 spiro atoms. The second-order valence-electron chi connectivity index (χ2n) is 4.50. The van der Waals surface area contributed by atoms with Crippen molar-refractivity contribution in [2.45, 2.75) is 32.6 Å². The van der Waals surface area contributed by atoms with Gasteiger partial charge in [-0.05, 0) is 13.8 Å². The number of nitrogens with zero attached hydrogens (tertiary/aromatic N) is 1. The lowest BCUT2D eigenvalue weighted by atomic mass is 10.2. The molecule has 0 aromatic carbocycles. The van der Waals surface area contributed by atoms with E-state index in [9.17, 15) is 13.2 Å². The van der Waals surface area contributed by atoms with Crippen LogP contribution in [0.5, 0.6) is 0 Å². The highest BCUT2D eigenvalue weighted by Crippen LogP contribution is 2.17. The Hall–Kier alpha value is -1.41. The van der Waals surface area contributed by atoms with Crippen molar-refractivity contribution in [1.82, 2.24) is 15.2 Å². The van der Waals surface area contributed by atoms with E-state index in [4.69, 9.17) is 4.52 Å². The smallest absolute Gasteiger partial charge is 0.246 e. The first-order valence-electron chi connectivity index (χ1n) is 5.96. The number of hydrogen-bond donors (Lipinski definition) is 2. The average Bonchev–Trinajstić information content (AvgIpc) is 2.64. The van der Waals surface area contributed by atoms with Crippen LogP contribution in [0.1, 0.15) is 25.3 Å². The highest BCUT2D eigenvalue weighted by atomic mass is 32.2. The second-order valence-corrected chi connectivity index (χ2v) is 6.20. The van der Waals surface area contributed by atoms with Gasteiger partial charge in [-0.15, -0.1) is 0 Å². The van der Waals surface area contributed by atoms with Crippen molar-refractivity contribution in [2.75, 3.05) is 13.1 Å². The molecule has 0 unspecified atom stereocenters. The van der Waals surface area contributed by atoms with Gasteiger partial charge in [0.05, 0.1) is 0 Å². The summed E-state index contributed by atoms with van der Waals surface area (Å²) < 4.78 is 31.2. The van der Waals surface area contributed by atoms with Gasteiger partial charge in [0, 0.05) is 19.0 Å². The van der Waals surface area contributed by atoms with Crippen molar-refractivity contribution in [3.05, 3.63) is 11.5 Å². The van der Waals surface area contributed by atoms with Gasteiger partial charge >= 0.3 is 0 Å². The van der Waals surface area contributed by atoms with Gasteiger partial charge in [0.1, 0.15) is 10.6 Å². The minimum absolute atomic E-state index is 0.0580. The Kier molecular flexibility index (Phi) is 5.07. The standard InChI is InChI=1S/C11H19N3O4S/c1-7(2)11(15)12-5-6-13-19(16,17)10-8(3)14-18-9(10)4/h7,13H,5-6H2,1-4H3,(H,12,15). The predicted molar refractivity (Wildman–Crippen MR) is 69.0 cm³/mol. The summed E-state index contributed by atoms with van der Waals surface area (Å²) in [5, 5.41) is 6.22. The van der Waals surface area contributed by atoms with Crippen LogP contribution >= 0.6 is 0 Å². The Bertz CT molecular complexity index is 529. The van der Waals surface area contributed by atoms with E-state index in [1.54, 1.807) is 20.8 Å². The van der Waals surface area contributed by atoms with Gasteiger partial charge in [-0.1, -0.05) is 19.0 Å². The largest absolute Gasteiger partial charge is 0.360 e. The SMILES string of the molecule is Cc1noc(C)c1S(=O)(=O)NCCNC(=O)C(C)C. The van der Waals surface area contributed by atoms with E-state index in [0.29, 0.717) is 5.69 Å². The third kappa shape index (κ3) is 4.03. The molecule has 19 heavy (non-hydrogen) atoms. The molecule has 0 radical (unpaired) electrons. The highest BCUT2D eigenvalue weighted by Gasteiger charge is 2.23. The van der Waals surface area contributed by atoms with Crippen molar-refractivity contribution >= 4 is 15.9 Å². The Morgan fingerprint density at radius 2 is 1.95 bits per heavy atom. The first-order chi connectivity index (χ1) is 8.75. The summed E-state index contributed by atoms with van der Waals surface area (Å²) in [5.74, 6) is 0.00641. The molecule has 1 aromatic heterocycles. The van der Waals surface area contributed by atoms with Gasteiger partial charge in [-0.3, -0.25) is 4.79 Å². The molecular formula is C11H19N3O4S. The van der Waals surface area contributed by atoms with Crippen LogP contribution in [0.2, 0.25) is 0 Å². The van der Waals surface area contributed by atoms with Gasteiger partial charge in [-0.25, -0.2) is 13.1 Å². The Morgan fingerprint density at radius 1 is 1.32 bits per heavy atom. The molecule has 7 nitrogen and oxygen atoms in total. The number of hydrogen-bond acceptors (Lipinski definition) is 5. The highest BCUT2D eigenvalue weighted by molar-refractivity contribution is 7.89. The van der Waals surface area contributed by atoms with Gasteiger partial charge in [-0.2, -0.15) is 0 Å². The summed E-state index contributed by atoms with van der Waals surface area (Å²) in [7, 11) is -3.65. The first kappa shape index (κ1) is 15.6. The summed E-state index contributed by atoms with van der Waals surface area (Å²) in [4.78, 5) is 11.3. The van der Waals surface area contributed by atoms with Gasteiger partial charge in [0.25, 0.3) is 0 Å². The second kappa shape index (κ2) is 6.16. The minimum Gasteiger partial charge on any atom is -0.360 e. The van der Waals surface area contributed by atoms with Crippen molar-refractivity contribution in [1.29, 1.82) is 0 Å². The van der Waals surface area contributed by atoms with Crippen LogP contribution in [0, 0.1) is 19.8 Å². The Labute approximate surface area is 112 Å². The minimum atomic E-state index is -3.65. The van der Waals surface area contributed by atoms with E-state index in [-0.39, 0.29) is 35.6 Å².